The molecular weight excluding hydrogens is 206 g/mol. The highest BCUT2D eigenvalue weighted by Gasteiger charge is 2.45. The number of hydrogen-bond acceptors (Lipinski definition) is 3. The number of nitrogens with two attached hydrogens (primary N) is 2. The Bertz CT molecular complexity index is 302. The molecule has 3 amide bonds. The quantitative estimate of drug-likeness (QED) is 0.611. The van der Waals surface area contributed by atoms with E-state index in [1.54, 1.807) is 0 Å². The van der Waals surface area contributed by atoms with Crippen LogP contribution in [0.25, 0.3) is 0 Å². The lowest BCUT2D eigenvalue weighted by Crippen LogP contribution is -2.52. The van der Waals surface area contributed by atoms with Crippen molar-refractivity contribution in [3.05, 3.63) is 0 Å². The Morgan fingerprint density at radius 1 is 1.31 bits per heavy atom. The van der Waals surface area contributed by atoms with Gasteiger partial charge in [-0.1, -0.05) is 20.8 Å². The van der Waals surface area contributed by atoms with Crippen LogP contribution in [0.3, 0.4) is 0 Å². The van der Waals surface area contributed by atoms with Crippen LogP contribution in [-0.4, -0.2) is 18.0 Å². The number of nitrogens with one attached hydrogen (secondary N) is 1. The first-order valence-corrected chi connectivity index (χ1v) is 5.62. The van der Waals surface area contributed by atoms with Crippen molar-refractivity contribution in [3.63, 3.8) is 0 Å². The first-order chi connectivity index (χ1) is 7.26. The van der Waals surface area contributed by atoms with E-state index in [-0.39, 0.29) is 29.2 Å². The van der Waals surface area contributed by atoms with Crippen LogP contribution in [0.4, 0.5) is 4.79 Å². The smallest absolute Gasteiger partial charge is 0.318 e. The lowest BCUT2D eigenvalue weighted by atomic mass is 9.61. The van der Waals surface area contributed by atoms with Crippen molar-refractivity contribution in [2.75, 3.05) is 0 Å². The summed E-state index contributed by atoms with van der Waals surface area (Å²) in [7, 11) is 0. The molecule has 0 aromatic carbocycles. The molecule has 3 atom stereocenters. The number of carbonyl (C=O) groups is 2. The predicted octanol–water partition coefficient (Wildman–Crippen LogP) is 0.581. The van der Waals surface area contributed by atoms with E-state index >= 15 is 0 Å². The van der Waals surface area contributed by atoms with Gasteiger partial charge in [-0.15, -0.1) is 0 Å². The lowest BCUT2D eigenvalue weighted by Gasteiger charge is -2.45. The van der Waals surface area contributed by atoms with Gasteiger partial charge in [0.1, 0.15) is 0 Å². The molecule has 5 N–H and O–H groups in total. The Kier molecular flexibility index (Phi) is 3.57. The van der Waals surface area contributed by atoms with E-state index in [1.807, 2.05) is 20.8 Å². The van der Waals surface area contributed by atoms with Crippen LogP contribution in [-0.2, 0) is 4.79 Å². The van der Waals surface area contributed by atoms with Gasteiger partial charge in [-0.2, -0.15) is 0 Å². The third kappa shape index (κ3) is 2.35. The van der Waals surface area contributed by atoms with Crippen molar-refractivity contribution in [2.24, 2.45) is 28.7 Å². The summed E-state index contributed by atoms with van der Waals surface area (Å²) >= 11 is 0. The first kappa shape index (κ1) is 13.0. The van der Waals surface area contributed by atoms with Crippen LogP contribution in [0.2, 0.25) is 0 Å². The van der Waals surface area contributed by atoms with Crippen molar-refractivity contribution in [2.45, 2.75) is 39.7 Å². The molecule has 0 radical (unpaired) electrons. The SMILES string of the molecule is CC1C(N)CCC(C(=O)NC(N)=O)C1(C)C. The largest absolute Gasteiger partial charge is 0.351 e. The summed E-state index contributed by atoms with van der Waals surface area (Å²) in [6.45, 7) is 6.08. The van der Waals surface area contributed by atoms with E-state index in [9.17, 15) is 9.59 Å². The molecular formula is C11H21N3O2. The highest BCUT2D eigenvalue weighted by Crippen LogP contribution is 2.44. The molecule has 1 saturated carbocycles. The van der Waals surface area contributed by atoms with Gasteiger partial charge in [0.25, 0.3) is 0 Å². The van der Waals surface area contributed by atoms with Gasteiger partial charge in [-0.25, -0.2) is 4.79 Å². The molecule has 92 valence electrons. The molecule has 1 aliphatic rings. The molecule has 1 aliphatic carbocycles. The van der Waals surface area contributed by atoms with E-state index in [0.717, 1.165) is 6.42 Å². The minimum atomic E-state index is -0.789. The summed E-state index contributed by atoms with van der Waals surface area (Å²) in [5.41, 5.74) is 10.7. The van der Waals surface area contributed by atoms with Crippen molar-refractivity contribution < 1.29 is 9.59 Å². The van der Waals surface area contributed by atoms with Gasteiger partial charge < -0.3 is 11.5 Å². The van der Waals surface area contributed by atoms with E-state index in [1.165, 1.54) is 0 Å². The van der Waals surface area contributed by atoms with Crippen LogP contribution in [0, 0.1) is 17.3 Å². The molecule has 1 rings (SSSR count). The Morgan fingerprint density at radius 3 is 2.38 bits per heavy atom. The molecule has 3 unspecified atom stereocenters. The Hall–Kier alpha value is -1.10. The molecule has 0 bridgehead atoms. The number of amides is 3. The summed E-state index contributed by atoms with van der Waals surface area (Å²) in [6, 6.07) is -0.670. The van der Waals surface area contributed by atoms with E-state index in [0.29, 0.717) is 6.42 Å². The monoisotopic (exact) mass is 227 g/mol. The average molecular weight is 227 g/mol. The fourth-order valence-corrected chi connectivity index (χ4v) is 2.53. The Labute approximate surface area is 95.9 Å². The van der Waals surface area contributed by atoms with Crippen LogP contribution in [0.5, 0.6) is 0 Å². The van der Waals surface area contributed by atoms with E-state index < -0.39 is 6.03 Å². The van der Waals surface area contributed by atoms with Crippen LogP contribution >= 0.6 is 0 Å². The molecule has 5 heteroatoms. The number of rotatable bonds is 1. The summed E-state index contributed by atoms with van der Waals surface area (Å²) in [6.07, 6.45) is 1.51. The van der Waals surface area contributed by atoms with Gasteiger partial charge in [-0.05, 0) is 24.2 Å². The van der Waals surface area contributed by atoms with Crippen LogP contribution in [0.15, 0.2) is 0 Å². The molecule has 0 aliphatic heterocycles. The van der Waals surface area contributed by atoms with Crippen molar-refractivity contribution in [1.29, 1.82) is 0 Å². The van der Waals surface area contributed by atoms with Gasteiger partial charge >= 0.3 is 6.03 Å². The maximum Gasteiger partial charge on any atom is 0.318 e. The van der Waals surface area contributed by atoms with Crippen molar-refractivity contribution >= 4 is 11.9 Å². The molecule has 0 aromatic rings. The topological polar surface area (TPSA) is 98.2 Å². The van der Waals surface area contributed by atoms with Gasteiger partial charge in [0.15, 0.2) is 0 Å². The lowest BCUT2D eigenvalue weighted by molar-refractivity contribution is -0.131. The maximum atomic E-state index is 11.8. The molecule has 0 saturated heterocycles. The van der Waals surface area contributed by atoms with E-state index in [4.69, 9.17) is 11.5 Å². The number of urea groups is 1. The average Bonchev–Trinajstić information content (AvgIpc) is 2.13. The maximum absolute atomic E-state index is 11.8. The fourth-order valence-electron chi connectivity index (χ4n) is 2.53. The fraction of sp³-hybridized carbons (Fsp3) is 0.818. The van der Waals surface area contributed by atoms with Crippen LogP contribution in [0.1, 0.15) is 33.6 Å². The van der Waals surface area contributed by atoms with Gasteiger partial charge in [-0.3, -0.25) is 10.1 Å². The molecule has 0 heterocycles. The number of primary amides is 1. The zero-order valence-electron chi connectivity index (χ0n) is 10.1. The highest BCUT2D eigenvalue weighted by molar-refractivity contribution is 5.95. The number of carbonyl (C=O) groups excluding carboxylic acids is 2. The molecule has 1 fully saturated rings. The van der Waals surface area contributed by atoms with E-state index in [2.05, 4.69) is 5.32 Å². The Morgan fingerprint density at radius 2 is 1.88 bits per heavy atom. The minimum Gasteiger partial charge on any atom is -0.351 e. The normalized spacial score (nSPS) is 33.1. The predicted molar refractivity (Wildman–Crippen MR) is 61.4 cm³/mol. The van der Waals surface area contributed by atoms with Gasteiger partial charge in [0.2, 0.25) is 5.91 Å². The van der Waals surface area contributed by atoms with Crippen LogP contribution < -0.4 is 16.8 Å². The molecule has 5 nitrogen and oxygen atoms in total. The summed E-state index contributed by atoms with van der Waals surface area (Å²) in [4.78, 5) is 22.5. The highest BCUT2D eigenvalue weighted by atomic mass is 16.2. The van der Waals surface area contributed by atoms with Gasteiger partial charge in [0, 0.05) is 12.0 Å². The zero-order valence-corrected chi connectivity index (χ0v) is 10.1. The first-order valence-electron chi connectivity index (χ1n) is 5.62. The number of hydrogen-bond donors (Lipinski definition) is 3. The zero-order chi connectivity index (χ0) is 12.5. The summed E-state index contributed by atoms with van der Waals surface area (Å²) < 4.78 is 0. The Balaban J connectivity index is 2.81. The number of imide groups is 1. The van der Waals surface area contributed by atoms with Crippen molar-refractivity contribution in [3.8, 4) is 0 Å². The second-order valence-electron chi connectivity index (χ2n) is 5.26. The second kappa shape index (κ2) is 4.41. The third-order valence-corrected chi connectivity index (χ3v) is 4.07. The standard InChI is InChI=1S/C11H21N3O2/c1-6-8(12)5-4-7(11(6,2)3)9(15)14-10(13)16/h6-8H,4-5,12H2,1-3H3,(H3,13,14,15,16). The third-order valence-electron chi connectivity index (χ3n) is 4.07. The van der Waals surface area contributed by atoms with Gasteiger partial charge in [0.05, 0.1) is 0 Å². The summed E-state index contributed by atoms with van der Waals surface area (Å²) in [5.74, 6) is -0.240. The molecule has 0 spiro atoms. The molecule has 16 heavy (non-hydrogen) atoms. The molecule has 0 aromatic heterocycles. The minimum absolute atomic E-state index is 0.118. The summed E-state index contributed by atoms with van der Waals surface area (Å²) in [5, 5.41) is 2.16. The van der Waals surface area contributed by atoms with Crippen molar-refractivity contribution in [1.82, 2.24) is 5.32 Å². The second-order valence-corrected chi connectivity index (χ2v) is 5.26.